The molecule has 8 aliphatic rings. The molecule has 4 aromatic rings. The number of thiophene rings is 4. The molecule has 0 saturated carbocycles. The van der Waals surface area contributed by atoms with Crippen LogP contribution in [0.25, 0.3) is 29.3 Å². The fourth-order valence-corrected chi connectivity index (χ4v) is 21.4. The van der Waals surface area contributed by atoms with Gasteiger partial charge in [0.2, 0.25) is 0 Å². The van der Waals surface area contributed by atoms with Crippen LogP contribution in [-0.4, -0.2) is 135 Å². The van der Waals surface area contributed by atoms with Gasteiger partial charge in [0, 0.05) is 17.4 Å². The molecule has 358 valence electrons. The zero-order valence-electron chi connectivity index (χ0n) is 35.3. The van der Waals surface area contributed by atoms with Gasteiger partial charge in [-0.25, -0.2) is 0 Å². The fraction of sp³-hybridized carbons (Fsp3) is 0.500. The summed E-state index contributed by atoms with van der Waals surface area (Å²) in [5, 5.41) is 0. The maximum atomic E-state index is 14.9. The van der Waals surface area contributed by atoms with E-state index in [2.05, 4.69) is 0 Å². The molecule has 0 spiro atoms. The molecular formula is C40H40O18S8-2. The van der Waals surface area contributed by atoms with E-state index < -0.39 is 39.6 Å². The molecule has 0 bridgehead atoms. The zero-order valence-corrected chi connectivity index (χ0v) is 41.9. The normalized spacial score (nSPS) is 27.8. The summed E-state index contributed by atoms with van der Waals surface area (Å²) < 4.78 is 151. The molecule has 0 aliphatic carbocycles. The second-order valence-electron chi connectivity index (χ2n) is 16.6. The Balaban J connectivity index is 1.03. The van der Waals surface area contributed by atoms with Crippen LogP contribution in [0.4, 0.5) is 0 Å². The number of rotatable bonds is 7. The van der Waals surface area contributed by atoms with Gasteiger partial charge < -0.3 is 75.1 Å². The lowest BCUT2D eigenvalue weighted by Crippen LogP contribution is -2.57. The molecule has 18 nitrogen and oxygen atoms in total. The van der Waals surface area contributed by atoms with Gasteiger partial charge in [-0.05, 0) is 33.1 Å². The molecule has 0 amide bonds. The SMILES string of the molecule is Cc1sc(C2=C3OCCOC3[C@](c3sc(-c4sc(-c5sc(C6=C7OCCOC7[C@](C)(S(C)(=O)([O-])O)S6)c6c5OCCO6)c5c4OCCO5)c4c3OCCO4)(S(C)(=O)([O-])O)S2)c2c1OCCO2. The van der Waals surface area contributed by atoms with Crippen LogP contribution in [0.5, 0.6) is 46.0 Å². The van der Waals surface area contributed by atoms with Crippen molar-refractivity contribution in [2.45, 2.75) is 34.2 Å². The van der Waals surface area contributed by atoms with Crippen molar-refractivity contribution in [3.8, 4) is 65.5 Å². The van der Waals surface area contributed by atoms with Crippen molar-refractivity contribution in [1.82, 2.24) is 0 Å². The molecule has 2 fully saturated rings. The van der Waals surface area contributed by atoms with Gasteiger partial charge in [-0.1, -0.05) is 23.5 Å². The van der Waals surface area contributed by atoms with Gasteiger partial charge >= 0.3 is 0 Å². The van der Waals surface area contributed by atoms with Crippen LogP contribution in [-0.2, 0) is 42.3 Å². The number of hydrogen-bond donors (Lipinski definition) is 2. The molecule has 66 heavy (non-hydrogen) atoms. The highest BCUT2D eigenvalue weighted by Gasteiger charge is 2.65. The van der Waals surface area contributed by atoms with Gasteiger partial charge in [0.25, 0.3) is 0 Å². The fourth-order valence-electron chi connectivity index (χ4n) is 8.98. The molecule has 8 aliphatic heterocycles. The van der Waals surface area contributed by atoms with E-state index in [1.54, 1.807) is 0 Å². The molecule has 2 unspecified atom stereocenters. The molecular weight excluding hydrogens is 1020 g/mol. The highest BCUT2D eigenvalue weighted by Crippen LogP contribution is 2.73. The van der Waals surface area contributed by atoms with Crippen molar-refractivity contribution in [3.05, 3.63) is 31.0 Å². The number of hydrogen-bond acceptors (Lipinski definition) is 22. The van der Waals surface area contributed by atoms with Crippen molar-refractivity contribution in [3.63, 3.8) is 0 Å². The van der Waals surface area contributed by atoms with E-state index in [9.17, 15) is 26.6 Å². The summed E-state index contributed by atoms with van der Waals surface area (Å²) in [5.74, 6) is 3.41. The van der Waals surface area contributed by atoms with E-state index in [1.807, 2.05) is 6.92 Å². The van der Waals surface area contributed by atoms with Gasteiger partial charge in [0.1, 0.15) is 93.9 Å². The lowest BCUT2D eigenvalue weighted by molar-refractivity contribution is -0.0471. The molecule has 2 N–H and O–H groups in total. The van der Waals surface area contributed by atoms with Crippen LogP contribution in [0.1, 0.15) is 26.4 Å². The maximum Gasteiger partial charge on any atom is 0.181 e. The number of sulfone groups is 2. The Labute approximate surface area is 401 Å². The summed E-state index contributed by atoms with van der Waals surface area (Å²) in [6.45, 7) is 5.50. The Morgan fingerprint density at radius 3 is 1.39 bits per heavy atom. The average Bonchev–Trinajstić information content (AvgIpc) is 4.14. The first-order valence-corrected chi connectivity index (χ1v) is 30.0. The minimum Gasteiger partial charge on any atom is -0.769 e. The van der Waals surface area contributed by atoms with Crippen molar-refractivity contribution < 1.29 is 83.5 Å². The minimum absolute atomic E-state index is 0.0440. The Bertz CT molecular complexity index is 2940. The van der Waals surface area contributed by atoms with Gasteiger partial charge in [-0.15, -0.1) is 45.3 Å². The summed E-state index contributed by atoms with van der Waals surface area (Å²) >= 11 is 6.82. The van der Waals surface area contributed by atoms with Crippen LogP contribution in [0.15, 0.2) is 11.5 Å². The van der Waals surface area contributed by atoms with E-state index in [1.165, 1.54) is 40.9 Å². The molecule has 4 atom stereocenters. The monoisotopic (exact) mass is 1060 g/mol. The highest BCUT2D eigenvalue weighted by atomic mass is 32.3. The van der Waals surface area contributed by atoms with Gasteiger partial charge in [-0.2, -0.15) is 0 Å². The number of fused-ring (bicyclic) bond motifs is 6. The Hall–Kier alpha value is -2.96. The Morgan fingerprint density at radius 2 is 0.864 bits per heavy atom. The third-order valence-corrected chi connectivity index (χ3v) is 26.8. The molecule has 0 aromatic carbocycles. The topological polar surface area (TPSA) is 231 Å². The van der Waals surface area contributed by atoms with E-state index in [-0.39, 0.29) is 94.0 Å². The van der Waals surface area contributed by atoms with Crippen LogP contribution in [0.2, 0.25) is 0 Å². The number of ether oxygens (including phenoxy) is 12. The van der Waals surface area contributed by atoms with Crippen LogP contribution < -0.4 is 37.9 Å². The number of aryl methyl sites for hydroxylation is 1. The summed E-state index contributed by atoms with van der Waals surface area (Å²) in [7, 11) is -11.6. The van der Waals surface area contributed by atoms with Crippen LogP contribution in [0.3, 0.4) is 0 Å². The van der Waals surface area contributed by atoms with Crippen molar-refractivity contribution in [2.24, 2.45) is 0 Å². The van der Waals surface area contributed by atoms with Crippen molar-refractivity contribution in [2.75, 3.05) is 91.8 Å². The molecule has 12 rings (SSSR count). The molecule has 12 heterocycles. The van der Waals surface area contributed by atoms with E-state index in [0.717, 1.165) is 52.2 Å². The summed E-state index contributed by atoms with van der Waals surface area (Å²) in [5.41, 5.74) is 0. The predicted molar refractivity (Wildman–Crippen MR) is 249 cm³/mol. The summed E-state index contributed by atoms with van der Waals surface area (Å²) in [6, 6.07) is 0. The average molecular weight is 1070 g/mol. The lowest BCUT2D eigenvalue weighted by atomic mass is 10.1. The predicted octanol–water partition coefficient (Wildman–Crippen LogP) is 7.00. The standard InChI is InChI=1S/C40H42O18S8/c1-17-18-19(48-6-5-47-18)32(59-17)35-27-37(58-16-14-56-27)40(64-35,66(4,44,45)46)38-25-24(53-11-12-54-25)31(62-38)30-21-20(49-7-8-50-21)28(60-30)29-22-23(52-10-9-51-22)33(61-29)34-26-36(57-15-13-55-26)39(2,63-34)65(3,41,42)43/h36-37H,5-16H2,1-4H3,(H2,41,42,43)(H2,44,45,46)/p-2/t36?,37?,39-,40+/m0/s1. The third kappa shape index (κ3) is 6.29. The largest absolute Gasteiger partial charge is 0.769 e. The first-order chi connectivity index (χ1) is 31.3. The van der Waals surface area contributed by atoms with Gasteiger partial charge in [0.15, 0.2) is 50.1 Å². The van der Waals surface area contributed by atoms with Crippen molar-refractivity contribution in [1.29, 1.82) is 0 Å². The van der Waals surface area contributed by atoms with E-state index in [0.29, 0.717) is 86.8 Å². The Morgan fingerprint density at radius 1 is 0.485 bits per heavy atom. The second-order valence-corrected chi connectivity index (χ2v) is 30.3. The molecule has 4 aromatic heterocycles. The summed E-state index contributed by atoms with van der Waals surface area (Å²) in [6.07, 6.45) is -0.826. The first kappa shape index (κ1) is 44.3. The molecule has 26 heteroatoms. The maximum absolute atomic E-state index is 14.9. The molecule has 0 radical (unpaired) electrons. The highest BCUT2D eigenvalue weighted by molar-refractivity contribution is 8.27. The smallest absolute Gasteiger partial charge is 0.181 e. The van der Waals surface area contributed by atoms with E-state index in [4.69, 9.17) is 56.8 Å². The third-order valence-electron chi connectivity index (χ3n) is 12.1. The Kier molecular flexibility index (Phi) is 9.91. The zero-order chi connectivity index (χ0) is 45.8. The lowest BCUT2D eigenvalue weighted by Gasteiger charge is -2.55. The van der Waals surface area contributed by atoms with Gasteiger partial charge in [0.05, 0.1) is 57.2 Å². The van der Waals surface area contributed by atoms with Crippen LogP contribution in [0, 0.1) is 6.92 Å². The van der Waals surface area contributed by atoms with Crippen LogP contribution >= 0.6 is 68.9 Å². The first-order valence-electron chi connectivity index (χ1n) is 20.6. The van der Waals surface area contributed by atoms with Crippen molar-refractivity contribution >= 4 is 97.9 Å². The second kappa shape index (κ2) is 14.8. The number of thioether (sulfide) groups is 2. The minimum atomic E-state index is -6.03. The molecule has 2 saturated heterocycles. The quantitative estimate of drug-likeness (QED) is 0.190. The van der Waals surface area contributed by atoms with E-state index >= 15 is 0 Å². The van der Waals surface area contributed by atoms with Gasteiger partial charge in [-0.3, -0.25) is 8.42 Å². The summed E-state index contributed by atoms with van der Waals surface area (Å²) in [4.78, 5) is 5.05.